The number of rotatable bonds is 7. The maximum atomic E-state index is 12.5. The minimum Gasteiger partial charge on any atom is -0.497 e. The number of anilines is 1. The predicted octanol–water partition coefficient (Wildman–Crippen LogP) is 5.21. The van der Waals surface area contributed by atoms with Gasteiger partial charge in [-0.1, -0.05) is 24.3 Å². The van der Waals surface area contributed by atoms with Crippen molar-refractivity contribution in [2.24, 2.45) is 0 Å². The van der Waals surface area contributed by atoms with E-state index in [9.17, 15) is 4.79 Å². The van der Waals surface area contributed by atoms with E-state index in [0.29, 0.717) is 28.5 Å². The van der Waals surface area contributed by atoms with Crippen LogP contribution >= 0.6 is 0 Å². The van der Waals surface area contributed by atoms with Crippen molar-refractivity contribution in [1.29, 1.82) is 0 Å². The molecule has 3 aromatic carbocycles. The van der Waals surface area contributed by atoms with Gasteiger partial charge in [-0.05, 0) is 42.0 Å². The van der Waals surface area contributed by atoms with E-state index in [-0.39, 0.29) is 11.9 Å². The molecule has 32 heavy (non-hydrogen) atoms. The summed E-state index contributed by atoms with van der Waals surface area (Å²) in [6.07, 6.45) is 3.35. The molecule has 0 atom stereocenters. The summed E-state index contributed by atoms with van der Waals surface area (Å²) in [5.41, 5.74) is 2.90. The van der Waals surface area contributed by atoms with Crippen LogP contribution in [-0.4, -0.2) is 30.1 Å². The molecule has 0 aliphatic heterocycles. The van der Waals surface area contributed by atoms with Crippen molar-refractivity contribution in [3.05, 3.63) is 90.8 Å². The van der Waals surface area contributed by atoms with Crippen LogP contribution in [-0.2, 0) is 0 Å². The standard InChI is InChI=1S/C25H21N3O4/c1-30-21-6-3-5-20(13-21)28-24(29)18-11-9-17(10-12-18)19-15-26-25(27-16-19)32-23-8-4-7-22(14-23)31-2/h3-16H,1-2H3,(H,28,29). The fourth-order valence-electron chi connectivity index (χ4n) is 3.01. The van der Waals surface area contributed by atoms with Crippen LogP contribution in [0.1, 0.15) is 10.4 Å². The lowest BCUT2D eigenvalue weighted by molar-refractivity contribution is 0.102. The summed E-state index contributed by atoms with van der Waals surface area (Å²) < 4.78 is 16.0. The lowest BCUT2D eigenvalue weighted by Gasteiger charge is -2.08. The molecule has 0 fully saturated rings. The number of nitrogens with one attached hydrogen (secondary N) is 1. The van der Waals surface area contributed by atoms with Crippen LogP contribution in [0.25, 0.3) is 11.1 Å². The first kappa shape index (κ1) is 20.9. The van der Waals surface area contributed by atoms with Crippen molar-refractivity contribution >= 4 is 11.6 Å². The van der Waals surface area contributed by atoms with Gasteiger partial charge in [-0.15, -0.1) is 0 Å². The Bertz CT molecular complexity index is 1210. The lowest BCUT2D eigenvalue weighted by Crippen LogP contribution is -2.11. The average molecular weight is 427 g/mol. The molecule has 1 amide bonds. The Morgan fingerprint density at radius 3 is 2.06 bits per heavy atom. The van der Waals surface area contributed by atoms with Crippen LogP contribution in [0.5, 0.6) is 23.3 Å². The molecule has 0 saturated heterocycles. The number of aromatic nitrogens is 2. The second-order valence-corrected chi connectivity index (χ2v) is 6.80. The predicted molar refractivity (Wildman–Crippen MR) is 121 cm³/mol. The molecule has 0 radical (unpaired) electrons. The van der Waals surface area contributed by atoms with Crippen LogP contribution in [0.3, 0.4) is 0 Å². The Kier molecular flexibility index (Phi) is 6.27. The molecule has 160 valence electrons. The molecule has 4 rings (SSSR count). The van der Waals surface area contributed by atoms with E-state index in [1.165, 1.54) is 0 Å². The Hall–Kier alpha value is -4.39. The van der Waals surface area contributed by atoms with Gasteiger partial charge in [-0.2, -0.15) is 0 Å². The third-order valence-corrected chi connectivity index (χ3v) is 4.69. The van der Waals surface area contributed by atoms with E-state index in [4.69, 9.17) is 14.2 Å². The van der Waals surface area contributed by atoms with Crippen LogP contribution in [0.15, 0.2) is 85.2 Å². The lowest BCUT2D eigenvalue weighted by atomic mass is 10.1. The number of carbonyl (C=O) groups excluding carboxylic acids is 1. The minimum atomic E-state index is -0.205. The third kappa shape index (κ3) is 5.02. The average Bonchev–Trinajstić information content (AvgIpc) is 2.85. The highest BCUT2D eigenvalue weighted by Crippen LogP contribution is 2.25. The van der Waals surface area contributed by atoms with Gasteiger partial charge in [0, 0.05) is 41.3 Å². The Labute approximate surface area is 185 Å². The fourth-order valence-corrected chi connectivity index (χ4v) is 3.01. The van der Waals surface area contributed by atoms with E-state index in [0.717, 1.165) is 11.1 Å². The SMILES string of the molecule is COc1cccc(NC(=O)c2ccc(-c3cnc(Oc4cccc(OC)c4)nc3)cc2)c1. The number of nitrogens with zero attached hydrogens (tertiary/aromatic N) is 2. The highest BCUT2D eigenvalue weighted by atomic mass is 16.5. The number of hydrogen-bond donors (Lipinski definition) is 1. The molecular formula is C25H21N3O4. The summed E-state index contributed by atoms with van der Waals surface area (Å²) in [5.74, 6) is 1.75. The Morgan fingerprint density at radius 2 is 1.38 bits per heavy atom. The highest BCUT2D eigenvalue weighted by molar-refractivity contribution is 6.04. The number of carbonyl (C=O) groups is 1. The molecule has 0 aliphatic carbocycles. The number of amides is 1. The zero-order chi connectivity index (χ0) is 22.3. The van der Waals surface area contributed by atoms with Gasteiger partial charge < -0.3 is 19.5 Å². The summed E-state index contributed by atoms with van der Waals surface area (Å²) >= 11 is 0. The van der Waals surface area contributed by atoms with Gasteiger partial charge in [-0.3, -0.25) is 4.79 Å². The molecule has 1 heterocycles. The molecule has 0 saturated carbocycles. The van der Waals surface area contributed by atoms with E-state index in [2.05, 4.69) is 15.3 Å². The van der Waals surface area contributed by atoms with Crippen molar-refractivity contribution in [1.82, 2.24) is 9.97 Å². The van der Waals surface area contributed by atoms with Crippen molar-refractivity contribution < 1.29 is 19.0 Å². The van der Waals surface area contributed by atoms with Gasteiger partial charge in [0.2, 0.25) is 0 Å². The zero-order valence-corrected chi connectivity index (χ0v) is 17.6. The topological polar surface area (TPSA) is 82.6 Å². The number of methoxy groups -OCH3 is 2. The zero-order valence-electron chi connectivity index (χ0n) is 17.6. The van der Waals surface area contributed by atoms with Crippen LogP contribution in [0.2, 0.25) is 0 Å². The maximum Gasteiger partial charge on any atom is 0.321 e. The van der Waals surface area contributed by atoms with E-state index >= 15 is 0 Å². The van der Waals surface area contributed by atoms with Gasteiger partial charge in [0.25, 0.3) is 5.91 Å². The monoisotopic (exact) mass is 427 g/mol. The number of ether oxygens (including phenoxy) is 3. The van der Waals surface area contributed by atoms with Gasteiger partial charge in [0.1, 0.15) is 17.2 Å². The van der Waals surface area contributed by atoms with Gasteiger partial charge in [0.05, 0.1) is 14.2 Å². The fraction of sp³-hybridized carbons (Fsp3) is 0.0800. The first-order valence-corrected chi connectivity index (χ1v) is 9.84. The van der Waals surface area contributed by atoms with Crippen LogP contribution < -0.4 is 19.5 Å². The summed E-state index contributed by atoms with van der Waals surface area (Å²) in [4.78, 5) is 21.1. The van der Waals surface area contributed by atoms with Crippen molar-refractivity contribution in [3.8, 4) is 34.4 Å². The van der Waals surface area contributed by atoms with Crippen molar-refractivity contribution in [2.75, 3.05) is 19.5 Å². The van der Waals surface area contributed by atoms with E-state index in [1.54, 1.807) is 63.0 Å². The summed E-state index contributed by atoms with van der Waals surface area (Å²) in [7, 11) is 3.18. The molecule has 0 bridgehead atoms. The smallest absolute Gasteiger partial charge is 0.321 e. The molecule has 4 aromatic rings. The summed E-state index contributed by atoms with van der Waals surface area (Å²) in [5, 5.41) is 2.86. The van der Waals surface area contributed by atoms with Gasteiger partial charge >= 0.3 is 6.01 Å². The molecular weight excluding hydrogens is 406 g/mol. The molecule has 7 heteroatoms. The molecule has 0 spiro atoms. The maximum absolute atomic E-state index is 12.5. The van der Waals surface area contributed by atoms with E-state index < -0.39 is 0 Å². The Balaban J connectivity index is 1.42. The molecule has 1 N–H and O–H groups in total. The van der Waals surface area contributed by atoms with Gasteiger partial charge in [-0.25, -0.2) is 9.97 Å². The number of benzene rings is 3. The third-order valence-electron chi connectivity index (χ3n) is 4.69. The number of hydrogen-bond acceptors (Lipinski definition) is 6. The first-order chi connectivity index (χ1) is 15.6. The summed E-state index contributed by atoms with van der Waals surface area (Å²) in [6.45, 7) is 0. The second-order valence-electron chi connectivity index (χ2n) is 6.80. The van der Waals surface area contributed by atoms with Crippen LogP contribution in [0.4, 0.5) is 5.69 Å². The quantitative estimate of drug-likeness (QED) is 0.436. The largest absolute Gasteiger partial charge is 0.497 e. The molecule has 1 aromatic heterocycles. The van der Waals surface area contributed by atoms with Crippen molar-refractivity contribution in [2.45, 2.75) is 0 Å². The van der Waals surface area contributed by atoms with Crippen molar-refractivity contribution in [3.63, 3.8) is 0 Å². The summed E-state index contributed by atoms with van der Waals surface area (Å²) in [6, 6.07) is 21.9. The van der Waals surface area contributed by atoms with Crippen LogP contribution in [0, 0.1) is 0 Å². The van der Waals surface area contributed by atoms with Gasteiger partial charge in [0.15, 0.2) is 0 Å². The highest BCUT2D eigenvalue weighted by Gasteiger charge is 2.09. The Morgan fingerprint density at radius 1 is 0.750 bits per heavy atom. The van der Waals surface area contributed by atoms with E-state index in [1.807, 2.05) is 36.4 Å². The minimum absolute atomic E-state index is 0.205. The normalized spacial score (nSPS) is 10.3. The molecule has 7 nitrogen and oxygen atoms in total. The first-order valence-electron chi connectivity index (χ1n) is 9.84. The molecule has 0 aliphatic rings. The molecule has 0 unspecified atom stereocenters. The second kappa shape index (κ2) is 9.61.